The number of rotatable bonds is 6. The van der Waals surface area contributed by atoms with Crippen molar-refractivity contribution < 1.29 is 9.53 Å². The molecule has 0 unspecified atom stereocenters. The van der Waals surface area contributed by atoms with Crippen LogP contribution in [0.1, 0.15) is 21.9 Å². The van der Waals surface area contributed by atoms with E-state index in [1.165, 1.54) is 4.68 Å². The van der Waals surface area contributed by atoms with Crippen molar-refractivity contribution in [3.63, 3.8) is 0 Å². The minimum absolute atomic E-state index is 0.176. The number of imidazole rings is 1. The normalized spacial score (nSPS) is 11.2. The fourth-order valence-electron chi connectivity index (χ4n) is 3.40. The average Bonchev–Trinajstić information content (AvgIpc) is 3.08. The van der Waals surface area contributed by atoms with Crippen molar-refractivity contribution in [2.45, 2.75) is 20.0 Å². The van der Waals surface area contributed by atoms with Crippen LogP contribution in [-0.4, -0.2) is 38.8 Å². The fourth-order valence-corrected chi connectivity index (χ4v) is 3.40. The number of carbonyl (C=O) groups excluding carboxylic acids is 1. The molecular weight excluding hydrogens is 370 g/mol. The van der Waals surface area contributed by atoms with E-state index in [0.717, 1.165) is 5.39 Å². The van der Waals surface area contributed by atoms with Gasteiger partial charge in [0, 0.05) is 18.7 Å². The third-order valence-electron chi connectivity index (χ3n) is 4.79. The van der Waals surface area contributed by atoms with Gasteiger partial charge in [-0.15, -0.1) is 0 Å². The van der Waals surface area contributed by atoms with E-state index in [-0.39, 0.29) is 18.0 Å². The number of nitrogens with zero attached hydrogens (tertiary/aromatic N) is 4. The summed E-state index contributed by atoms with van der Waals surface area (Å²) in [6.45, 7) is 2.71. The van der Waals surface area contributed by atoms with Crippen LogP contribution in [0, 0.1) is 6.92 Å². The Bertz CT molecular complexity index is 1260. The minimum atomic E-state index is -0.248. The average molecular weight is 391 g/mol. The highest BCUT2D eigenvalue weighted by molar-refractivity contribution is 5.95. The van der Waals surface area contributed by atoms with Gasteiger partial charge in [0.25, 0.3) is 11.5 Å². The molecule has 0 aliphatic heterocycles. The lowest BCUT2D eigenvalue weighted by atomic mass is 10.1. The van der Waals surface area contributed by atoms with Gasteiger partial charge in [0.1, 0.15) is 11.3 Å². The molecule has 29 heavy (non-hydrogen) atoms. The largest absolute Gasteiger partial charge is 0.383 e. The number of aromatic nitrogens is 4. The Morgan fingerprint density at radius 3 is 2.69 bits per heavy atom. The summed E-state index contributed by atoms with van der Waals surface area (Å²) in [5, 5.41) is 8.67. The van der Waals surface area contributed by atoms with Gasteiger partial charge in [-0.2, -0.15) is 5.10 Å². The van der Waals surface area contributed by atoms with Gasteiger partial charge in [-0.25, -0.2) is 9.67 Å². The van der Waals surface area contributed by atoms with Crippen LogP contribution < -0.4 is 10.9 Å². The topological polar surface area (TPSA) is 90.5 Å². The Kier molecular flexibility index (Phi) is 5.09. The van der Waals surface area contributed by atoms with Gasteiger partial charge in [-0.3, -0.25) is 14.0 Å². The van der Waals surface area contributed by atoms with Gasteiger partial charge >= 0.3 is 0 Å². The molecule has 0 saturated carbocycles. The maximum atomic E-state index is 12.9. The summed E-state index contributed by atoms with van der Waals surface area (Å²) in [4.78, 5) is 30.0. The van der Waals surface area contributed by atoms with Gasteiger partial charge in [-0.1, -0.05) is 24.3 Å². The highest BCUT2D eigenvalue weighted by atomic mass is 16.5. The first-order valence-corrected chi connectivity index (χ1v) is 9.29. The van der Waals surface area contributed by atoms with Crippen LogP contribution in [0.15, 0.2) is 53.5 Å². The number of pyridine rings is 1. The molecular formula is C21H21N5O3. The standard InChI is InChI=1S/C21H21N5O3/c1-14-19(25-10-6-5-9-18(25)23-14)20(27)22-13-17-15-7-3-4-8-16(15)21(28)26(24-17)11-12-29-2/h3-10H,11-13H2,1-2H3,(H,22,27). The number of amides is 1. The molecule has 8 heteroatoms. The van der Waals surface area contributed by atoms with E-state index in [0.29, 0.717) is 41.3 Å². The number of carbonyl (C=O) groups is 1. The lowest BCUT2D eigenvalue weighted by molar-refractivity contribution is 0.0943. The molecule has 0 aliphatic carbocycles. The van der Waals surface area contributed by atoms with E-state index in [9.17, 15) is 9.59 Å². The van der Waals surface area contributed by atoms with E-state index in [4.69, 9.17) is 4.74 Å². The van der Waals surface area contributed by atoms with Crippen molar-refractivity contribution in [3.05, 3.63) is 76.1 Å². The zero-order valence-corrected chi connectivity index (χ0v) is 16.3. The first kappa shape index (κ1) is 18.8. The molecule has 0 aliphatic rings. The van der Waals surface area contributed by atoms with Crippen molar-refractivity contribution in [1.29, 1.82) is 0 Å². The summed E-state index contributed by atoms with van der Waals surface area (Å²) in [6, 6.07) is 12.9. The van der Waals surface area contributed by atoms with Crippen LogP contribution in [0.2, 0.25) is 0 Å². The number of hydrogen-bond donors (Lipinski definition) is 1. The van der Waals surface area contributed by atoms with E-state index < -0.39 is 0 Å². The number of nitrogens with one attached hydrogen (secondary N) is 1. The third-order valence-corrected chi connectivity index (χ3v) is 4.79. The first-order valence-electron chi connectivity index (χ1n) is 9.29. The highest BCUT2D eigenvalue weighted by Crippen LogP contribution is 2.15. The SMILES string of the molecule is COCCn1nc(CNC(=O)c2c(C)nc3ccccn23)c2ccccc2c1=O. The van der Waals surface area contributed by atoms with Gasteiger partial charge < -0.3 is 10.1 Å². The van der Waals surface area contributed by atoms with E-state index in [1.54, 1.807) is 24.5 Å². The predicted molar refractivity (Wildman–Crippen MR) is 109 cm³/mol. The number of methoxy groups -OCH3 is 1. The van der Waals surface area contributed by atoms with Crippen LogP contribution >= 0.6 is 0 Å². The second-order valence-corrected chi connectivity index (χ2v) is 6.67. The maximum absolute atomic E-state index is 12.9. The molecule has 0 fully saturated rings. The van der Waals surface area contributed by atoms with Crippen molar-refractivity contribution >= 4 is 22.3 Å². The smallest absolute Gasteiger partial charge is 0.274 e. The van der Waals surface area contributed by atoms with Crippen molar-refractivity contribution in [2.75, 3.05) is 13.7 Å². The predicted octanol–water partition coefficient (Wildman–Crippen LogP) is 1.93. The molecule has 8 nitrogen and oxygen atoms in total. The molecule has 0 atom stereocenters. The first-order chi connectivity index (χ1) is 14.1. The monoisotopic (exact) mass is 391 g/mol. The van der Waals surface area contributed by atoms with E-state index >= 15 is 0 Å². The van der Waals surface area contributed by atoms with Crippen LogP contribution in [0.4, 0.5) is 0 Å². The van der Waals surface area contributed by atoms with Crippen LogP contribution in [0.25, 0.3) is 16.4 Å². The van der Waals surface area contributed by atoms with Gasteiger partial charge in [0.15, 0.2) is 0 Å². The molecule has 3 aromatic heterocycles. The maximum Gasteiger partial charge on any atom is 0.274 e. The van der Waals surface area contributed by atoms with Crippen molar-refractivity contribution in [2.24, 2.45) is 0 Å². The molecule has 1 amide bonds. The van der Waals surface area contributed by atoms with Crippen LogP contribution in [0.5, 0.6) is 0 Å². The Hall–Kier alpha value is -3.52. The Morgan fingerprint density at radius 1 is 1.14 bits per heavy atom. The fraction of sp³-hybridized carbons (Fsp3) is 0.238. The molecule has 0 spiro atoms. The molecule has 1 aromatic carbocycles. The van der Waals surface area contributed by atoms with Gasteiger partial charge in [0.2, 0.25) is 0 Å². The zero-order chi connectivity index (χ0) is 20.4. The highest BCUT2D eigenvalue weighted by Gasteiger charge is 2.17. The molecule has 0 saturated heterocycles. The summed E-state index contributed by atoms with van der Waals surface area (Å²) < 4.78 is 8.22. The molecule has 0 bridgehead atoms. The molecule has 1 N–H and O–H groups in total. The Balaban J connectivity index is 1.67. The molecule has 3 heterocycles. The molecule has 0 radical (unpaired) electrons. The number of aryl methyl sites for hydroxylation is 1. The Morgan fingerprint density at radius 2 is 1.90 bits per heavy atom. The number of hydrogen-bond acceptors (Lipinski definition) is 5. The summed E-state index contributed by atoms with van der Waals surface area (Å²) in [6.07, 6.45) is 1.81. The number of ether oxygens (including phenoxy) is 1. The second kappa shape index (κ2) is 7.84. The van der Waals surface area contributed by atoms with Gasteiger partial charge in [-0.05, 0) is 25.1 Å². The quantitative estimate of drug-likeness (QED) is 0.542. The lowest BCUT2D eigenvalue weighted by Gasteiger charge is -2.12. The zero-order valence-electron chi connectivity index (χ0n) is 16.3. The lowest BCUT2D eigenvalue weighted by Crippen LogP contribution is -2.30. The summed E-state index contributed by atoms with van der Waals surface area (Å²) in [7, 11) is 1.57. The van der Waals surface area contributed by atoms with E-state index in [1.807, 2.05) is 42.6 Å². The van der Waals surface area contributed by atoms with Crippen molar-refractivity contribution in [1.82, 2.24) is 24.5 Å². The summed E-state index contributed by atoms with van der Waals surface area (Å²) in [5.74, 6) is -0.248. The molecule has 4 aromatic rings. The van der Waals surface area contributed by atoms with Gasteiger partial charge in [0.05, 0.1) is 36.5 Å². The number of fused-ring (bicyclic) bond motifs is 2. The third kappa shape index (κ3) is 3.50. The Labute approximate surface area is 166 Å². The molecule has 148 valence electrons. The van der Waals surface area contributed by atoms with E-state index in [2.05, 4.69) is 15.4 Å². The minimum Gasteiger partial charge on any atom is -0.383 e. The second-order valence-electron chi connectivity index (χ2n) is 6.67. The summed E-state index contributed by atoms with van der Waals surface area (Å²) >= 11 is 0. The molecule has 4 rings (SSSR count). The summed E-state index contributed by atoms with van der Waals surface area (Å²) in [5.41, 5.74) is 2.29. The van der Waals surface area contributed by atoms with Crippen LogP contribution in [-0.2, 0) is 17.8 Å². The number of benzene rings is 1. The van der Waals surface area contributed by atoms with Crippen molar-refractivity contribution in [3.8, 4) is 0 Å². The van der Waals surface area contributed by atoms with Crippen LogP contribution in [0.3, 0.4) is 0 Å².